The van der Waals surface area contributed by atoms with Crippen LogP contribution in [0.4, 0.5) is 0 Å². The summed E-state index contributed by atoms with van der Waals surface area (Å²) in [6.07, 6.45) is 0. The van der Waals surface area contributed by atoms with Gasteiger partial charge in [-0.3, -0.25) is 4.79 Å². The van der Waals surface area contributed by atoms with Crippen LogP contribution < -0.4 is 10.9 Å². The van der Waals surface area contributed by atoms with Gasteiger partial charge in [-0.25, -0.2) is 0 Å². The predicted octanol–water partition coefficient (Wildman–Crippen LogP) is 4.14. The van der Waals surface area contributed by atoms with Crippen molar-refractivity contribution in [2.24, 2.45) is 0 Å². The van der Waals surface area contributed by atoms with Crippen molar-refractivity contribution in [1.29, 1.82) is 0 Å². The molecular weight excluding hydrogens is 404 g/mol. The number of hydrogen-bond acceptors (Lipinski definition) is 3. The normalized spacial score (nSPS) is 12.2. The van der Waals surface area contributed by atoms with Gasteiger partial charge in [-0.05, 0) is 75.2 Å². The maximum absolute atomic E-state index is 12.9. The van der Waals surface area contributed by atoms with E-state index in [0.29, 0.717) is 17.2 Å². The summed E-state index contributed by atoms with van der Waals surface area (Å²) in [4.78, 5) is 20.2. The number of pyridine rings is 1. The van der Waals surface area contributed by atoms with E-state index in [9.17, 15) is 4.79 Å². The Kier molecular flexibility index (Phi) is 7.46. The second kappa shape index (κ2) is 10.1. The summed E-state index contributed by atoms with van der Waals surface area (Å²) in [7, 11) is 4.07. The zero-order valence-electron chi connectivity index (χ0n) is 19.0. The fraction of sp³-hybridized carbons (Fsp3) is 0.360. The average molecular weight is 437 g/mol. The molecular formula is C25H32N4OS. The number of thiocarbonyl (C=S) groups is 1. The number of nitrogens with one attached hydrogen (secondary N) is 2. The fourth-order valence-corrected chi connectivity index (χ4v) is 3.90. The lowest BCUT2D eigenvalue weighted by Crippen LogP contribution is -2.44. The second-order valence-corrected chi connectivity index (χ2v) is 8.79. The number of benzene rings is 2. The highest BCUT2D eigenvalue weighted by molar-refractivity contribution is 7.80. The Hall–Kier alpha value is -2.70. The molecule has 0 aliphatic rings. The average Bonchev–Trinajstić information content (AvgIpc) is 2.75. The van der Waals surface area contributed by atoms with E-state index < -0.39 is 0 Å². The molecule has 0 saturated heterocycles. The SMILES string of the molecule is Cc1ccc2cc(CN(CCN(C)C)C(=S)NC(C)c3ccccc3)c(=O)[nH]c2c1C. The lowest BCUT2D eigenvalue weighted by atomic mass is 10.0. The Balaban J connectivity index is 1.85. The molecule has 2 N–H and O–H groups in total. The van der Waals surface area contributed by atoms with Gasteiger partial charge in [0.25, 0.3) is 5.56 Å². The molecule has 0 radical (unpaired) electrons. The summed E-state index contributed by atoms with van der Waals surface area (Å²) in [6, 6.07) is 16.5. The van der Waals surface area contributed by atoms with E-state index in [4.69, 9.17) is 12.2 Å². The Morgan fingerprint density at radius 3 is 2.48 bits per heavy atom. The summed E-state index contributed by atoms with van der Waals surface area (Å²) >= 11 is 5.76. The minimum Gasteiger partial charge on any atom is -0.356 e. The second-order valence-electron chi connectivity index (χ2n) is 8.40. The van der Waals surface area contributed by atoms with Crippen LogP contribution in [0, 0.1) is 13.8 Å². The monoisotopic (exact) mass is 436 g/mol. The van der Waals surface area contributed by atoms with Crippen LogP contribution in [0.3, 0.4) is 0 Å². The molecule has 1 atom stereocenters. The zero-order valence-corrected chi connectivity index (χ0v) is 19.8. The van der Waals surface area contributed by atoms with E-state index in [1.165, 1.54) is 11.1 Å². The number of H-pyrrole nitrogens is 1. The molecule has 0 amide bonds. The first-order chi connectivity index (χ1) is 14.8. The van der Waals surface area contributed by atoms with Gasteiger partial charge in [-0.15, -0.1) is 0 Å². The van der Waals surface area contributed by atoms with Gasteiger partial charge in [0.2, 0.25) is 0 Å². The molecule has 6 heteroatoms. The van der Waals surface area contributed by atoms with Crippen LogP contribution in [0.2, 0.25) is 0 Å². The largest absolute Gasteiger partial charge is 0.356 e. The van der Waals surface area contributed by atoms with Crippen molar-refractivity contribution in [3.63, 3.8) is 0 Å². The molecule has 0 bridgehead atoms. The minimum absolute atomic E-state index is 0.0602. The van der Waals surface area contributed by atoms with Crippen LogP contribution in [0.15, 0.2) is 53.3 Å². The van der Waals surface area contributed by atoms with Gasteiger partial charge >= 0.3 is 0 Å². The van der Waals surface area contributed by atoms with Gasteiger partial charge in [0.05, 0.1) is 18.1 Å². The number of rotatable bonds is 7. The number of likely N-dealkylation sites (N-methyl/N-ethyl adjacent to an activating group) is 1. The molecule has 1 unspecified atom stereocenters. The summed E-state index contributed by atoms with van der Waals surface area (Å²) in [5, 5.41) is 5.13. The standard InChI is InChI=1S/C25H32N4OS/c1-17-11-12-21-15-22(24(30)27-23(21)18(17)2)16-29(14-13-28(4)5)25(31)26-19(3)20-9-7-6-8-10-20/h6-12,15,19H,13-14,16H2,1-5H3,(H,26,31)(H,27,30). The van der Waals surface area contributed by atoms with Gasteiger partial charge in [-0.1, -0.05) is 42.5 Å². The first-order valence-corrected chi connectivity index (χ1v) is 11.0. The third kappa shape index (κ3) is 5.71. The summed E-state index contributed by atoms with van der Waals surface area (Å²) in [6.45, 7) is 8.22. The fourth-order valence-electron chi connectivity index (χ4n) is 3.57. The van der Waals surface area contributed by atoms with Crippen LogP contribution in [-0.4, -0.2) is 47.1 Å². The van der Waals surface area contributed by atoms with Crippen LogP contribution in [0.1, 0.15) is 35.2 Å². The maximum atomic E-state index is 12.9. The Morgan fingerprint density at radius 2 is 1.81 bits per heavy atom. The zero-order chi connectivity index (χ0) is 22.5. The number of aromatic nitrogens is 1. The molecule has 0 spiro atoms. The summed E-state index contributed by atoms with van der Waals surface area (Å²) in [5.74, 6) is 0. The quantitative estimate of drug-likeness (QED) is 0.545. The Bertz CT molecular complexity index is 1110. The van der Waals surface area contributed by atoms with E-state index in [2.05, 4.69) is 58.2 Å². The molecule has 0 aliphatic carbocycles. The van der Waals surface area contributed by atoms with Crippen molar-refractivity contribution in [3.8, 4) is 0 Å². The summed E-state index contributed by atoms with van der Waals surface area (Å²) in [5.41, 5.74) is 5.02. The highest BCUT2D eigenvalue weighted by Gasteiger charge is 2.16. The number of nitrogens with zero attached hydrogens (tertiary/aromatic N) is 2. The first kappa shape index (κ1) is 23.0. The predicted molar refractivity (Wildman–Crippen MR) is 134 cm³/mol. The van der Waals surface area contributed by atoms with Crippen molar-refractivity contribution in [1.82, 2.24) is 20.1 Å². The molecule has 1 heterocycles. The lowest BCUT2D eigenvalue weighted by Gasteiger charge is -2.29. The lowest BCUT2D eigenvalue weighted by molar-refractivity contribution is 0.320. The van der Waals surface area contributed by atoms with Gasteiger partial charge < -0.3 is 20.1 Å². The molecule has 0 aliphatic heterocycles. The van der Waals surface area contributed by atoms with E-state index >= 15 is 0 Å². The summed E-state index contributed by atoms with van der Waals surface area (Å²) < 4.78 is 0. The molecule has 1 aromatic heterocycles. The molecule has 0 saturated carbocycles. The highest BCUT2D eigenvalue weighted by atomic mass is 32.1. The van der Waals surface area contributed by atoms with Crippen molar-refractivity contribution < 1.29 is 0 Å². The highest BCUT2D eigenvalue weighted by Crippen LogP contribution is 2.19. The van der Waals surface area contributed by atoms with E-state index in [-0.39, 0.29) is 11.6 Å². The van der Waals surface area contributed by atoms with Crippen LogP contribution in [-0.2, 0) is 6.54 Å². The van der Waals surface area contributed by atoms with Crippen molar-refractivity contribution in [2.75, 3.05) is 27.2 Å². The van der Waals surface area contributed by atoms with Gasteiger partial charge in [0.1, 0.15) is 0 Å². The minimum atomic E-state index is -0.0602. The number of aryl methyl sites for hydroxylation is 2. The van der Waals surface area contributed by atoms with Crippen molar-refractivity contribution >= 4 is 28.2 Å². The smallest absolute Gasteiger partial charge is 0.253 e. The molecule has 31 heavy (non-hydrogen) atoms. The van der Waals surface area contributed by atoms with Gasteiger partial charge in [0, 0.05) is 18.7 Å². The molecule has 0 fully saturated rings. The maximum Gasteiger partial charge on any atom is 0.253 e. The van der Waals surface area contributed by atoms with Crippen LogP contribution in [0.25, 0.3) is 10.9 Å². The molecule has 3 rings (SSSR count). The number of hydrogen-bond donors (Lipinski definition) is 2. The first-order valence-electron chi connectivity index (χ1n) is 10.6. The molecule has 2 aromatic carbocycles. The Morgan fingerprint density at radius 1 is 1.10 bits per heavy atom. The van der Waals surface area contributed by atoms with E-state index in [1.54, 1.807) is 0 Å². The van der Waals surface area contributed by atoms with E-state index in [0.717, 1.165) is 29.6 Å². The van der Waals surface area contributed by atoms with Crippen LogP contribution in [0.5, 0.6) is 0 Å². The van der Waals surface area contributed by atoms with Crippen molar-refractivity contribution in [3.05, 3.63) is 81.1 Å². The topological polar surface area (TPSA) is 51.4 Å². The molecule has 3 aromatic rings. The van der Waals surface area contributed by atoms with Gasteiger partial charge in [0.15, 0.2) is 5.11 Å². The molecule has 5 nitrogen and oxygen atoms in total. The third-order valence-corrected chi connectivity index (χ3v) is 6.11. The van der Waals surface area contributed by atoms with Crippen molar-refractivity contribution in [2.45, 2.75) is 33.4 Å². The number of fused-ring (bicyclic) bond motifs is 1. The third-order valence-electron chi connectivity index (χ3n) is 5.73. The van der Waals surface area contributed by atoms with E-state index in [1.807, 2.05) is 45.3 Å². The number of aromatic amines is 1. The van der Waals surface area contributed by atoms with Crippen LogP contribution >= 0.6 is 12.2 Å². The Labute approximate surface area is 190 Å². The molecule has 164 valence electrons. The van der Waals surface area contributed by atoms with Gasteiger partial charge in [-0.2, -0.15) is 0 Å².